The highest BCUT2D eigenvalue weighted by Crippen LogP contribution is 2.30. The molecule has 0 atom stereocenters. The number of aromatic amines is 1. The molecule has 0 radical (unpaired) electrons. The maximum atomic E-state index is 12.4. The van der Waals surface area contributed by atoms with Gasteiger partial charge in [0, 0.05) is 48.1 Å². The van der Waals surface area contributed by atoms with E-state index < -0.39 is 5.60 Å². The maximum Gasteiger partial charge on any atom is 0.410 e. The summed E-state index contributed by atoms with van der Waals surface area (Å²) >= 11 is 0. The normalized spacial score (nSPS) is 15.5. The van der Waals surface area contributed by atoms with E-state index in [9.17, 15) is 9.59 Å². The van der Waals surface area contributed by atoms with Gasteiger partial charge in [0.25, 0.3) is 5.56 Å². The van der Waals surface area contributed by atoms with E-state index in [0.717, 1.165) is 35.4 Å². The summed E-state index contributed by atoms with van der Waals surface area (Å²) in [5.74, 6) is 0.136. The number of rotatable bonds is 2. The zero-order valence-corrected chi connectivity index (χ0v) is 17.8. The number of piperidine rings is 1. The predicted octanol–water partition coefficient (Wildman–Crippen LogP) is 3.51. The van der Waals surface area contributed by atoms with Crippen LogP contribution in [0.2, 0.25) is 0 Å². The Hall–Kier alpha value is -3.16. The third-order valence-electron chi connectivity index (χ3n) is 5.32. The van der Waals surface area contributed by atoms with Crippen molar-refractivity contribution < 1.29 is 9.53 Å². The number of likely N-dealkylation sites (tertiary alicyclic amines) is 1. The first-order valence-electron chi connectivity index (χ1n) is 10.2. The third-order valence-corrected chi connectivity index (χ3v) is 5.32. The molecule has 1 aliphatic rings. The molecule has 1 N–H and O–H groups in total. The molecule has 3 aromatic heterocycles. The molecule has 0 aromatic carbocycles. The monoisotopic (exact) mass is 409 g/mol. The number of hydrogen-bond donors (Lipinski definition) is 1. The van der Waals surface area contributed by atoms with Gasteiger partial charge in [-0.2, -0.15) is 5.10 Å². The molecule has 0 unspecified atom stereocenters. The van der Waals surface area contributed by atoms with E-state index in [1.54, 1.807) is 23.4 Å². The number of nitrogens with zero attached hydrogens (tertiary/aromatic N) is 4. The minimum Gasteiger partial charge on any atom is -0.444 e. The number of pyridine rings is 1. The fourth-order valence-electron chi connectivity index (χ4n) is 3.83. The molecule has 0 spiro atoms. The van der Waals surface area contributed by atoms with Crippen LogP contribution in [0.15, 0.2) is 35.4 Å². The number of hydrogen-bond acceptors (Lipinski definition) is 5. The predicted molar refractivity (Wildman–Crippen MR) is 114 cm³/mol. The first-order valence-corrected chi connectivity index (χ1v) is 10.2. The van der Waals surface area contributed by atoms with Crippen LogP contribution in [0.4, 0.5) is 4.79 Å². The van der Waals surface area contributed by atoms with E-state index >= 15 is 0 Å². The second-order valence-electron chi connectivity index (χ2n) is 8.81. The van der Waals surface area contributed by atoms with Crippen LogP contribution in [0, 0.1) is 6.92 Å². The van der Waals surface area contributed by atoms with Crippen molar-refractivity contribution in [2.45, 2.75) is 52.1 Å². The van der Waals surface area contributed by atoms with E-state index in [2.05, 4.69) is 15.1 Å². The van der Waals surface area contributed by atoms with Gasteiger partial charge >= 0.3 is 6.09 Å². The lowest BCUT2D eigenvalue weighted by Gasteiger charge is -2.33. The second-order valence-corrected chi connectivity index (χ2v) is 8.81. The first-order chi connectivity index (χ1) is 14.2. The van der Waals surface area contributed by atoms with Crippen LogP contribution in [0.5, 0.6) is 0 Å². The Bertz CT molecular complexity index is 1120. The lowest BCUT2D eigenvalue weighted by Crippen LogP contribution is -2.41. The molecule has 8 nitrogen and oxygen atoms in total. The third kappa shape index (κ3) is 4.08. The van der Waals surface area contributed by atoms with Crippen LogP contribution in [0.25, 0.3) is 16.8 Å². The number of H-pyrrole nitrogens is 1. The minimum absolute atomic E-state index is 0.136. The van der Waals surface area contributed by atoms with Crippen molar-refractivity contribution in [3.8, 4) is 11.1 Å². The lowest BCUT2D eigenvalue weighted by molar-refractivity contribution is 0.0203. The Kier molecular flexibility index (Phi) is 5.09. The molecule has 0 saturated carbocycles. The van der Waals surface area contributed by atoms with Crippen LogP contribution in [-0.2, 0) is 4.74 Å². The number of aromatic nitrogens is 4. The number of nitrogens with one attached hydrogen (secondary N) is 1. The summed E-state index contributed by atoms with van der Waals surface area (Å²) < 4.78 is 7.29. The van der Waals surface area contributed by atoms with Crippen LogP contribution in [-0.4, -0.2) is 49.3 Å². The van der Waals surface area contributed by atoms with Crippen LogP contribution < -0.4 is 5.56 Å². The highest BCUT2D eigenvalue weighted by Gasteiger charge is 2.29. The highest BCUT2D eigenvalue weighted by atomic mass is 16.6. The van der Waals surface area contributed by atoms with E-state index in [1.165, 1.54) is 0 Å². The summed E-state index contributed by atoms with van der Waals surface area (Å²) in [5, 5.41) is 4.55. The molecule has 1 aliphatic heterocycles. The summed E-state index contributed by atoms with van der Waals surface area (Å²) in [6.45, 7) is 8.70. The summed E-state index contributed by atoms with van der Waals surface area (Å²) in [6.07, 6.45) is 4.76. The van der Waals surface area contributed by atoms with Gasteiger partial charge in [-0.1, -0.05) is 6.07 Å². The zero-order chi connectivity index (χ0) is 21.5. The number of carbonyl (C=O) groups excluding carboxylic acids is 1. The summed E-state index contributed by atoms with van der Waals surface area (Å²) in [6, 6.07) is 5.53. The van der Waals surface area contributed by atoms with Gasteiger partial charge in [-0.15, -0.1) is 0 Å². The van der Waals surface area contributed by atoms with Gasteiger partial charge < -0.3 is 14.6 Å². The molecular weight excluding hydrogens is 382 g/mol. The minimum atomic E-state index is -0.511. The van der Waals surface area contributed by atoms with Gasteiger partial charge in [-0.25, -0.2) is 9.31 Å². The average Bonchev–Trinajstić information content (AvgIpc) is 3.10. The van der Waals surface area contributed by atoms with Gasteiger partial charge in [0.15, 0.2) is 0 Å². The molecule has 4 heterocycles. The molecule has 1 amide bonds. The van der Waals surface area contributed by atoms with E-state index in [0.29, 0.717) is 18.7 Å². The van der Waals surface area contributed by atoms with E-state index in [4.69, 9.17) is 4.74 Å². The number of carbonyl (C=O) groups is 1. The molecule has 158 valence electrons. The highest BCUT2D eigenvalue weighted by molar-refractivity contribution is 5.76. The summed E-state index contributed by atoms with van der Waals surface area (Å²) in [5.41, 5.74) is 3.54. The van der Waals surface area contributed by atoms with E-state index in [1.807, 2.05) is 44.3 Å². The van der Waals surface area contributed by atoms with Gasteiger partial charge in [0.05, 0.1) is 11.9 Å². The standard InChI is InChI=1S/C22H27N5O3/c1-14-5-6-16(12-23-14)17-13-24-27-18(11-19(28)25-20(17)27)15-7-9-26(10-8-15)21(29)30-22(2,3)4/h5-6,11-13,15H,7-10H2,1-4H3,(H,25,28). The fraction of sp³-hybridized carbons (Fsp3) is 0.455. The lowest BCUT2D eigenvalue weighted by atomic mass is 9.93. The first kappa shape index (κ1) is 20.1. The molecular formula is C22H27N5O3. The average molecular weight is 409 g/mol. The van der Waals surface area contributed by atoms with E-state index in [-0.39, 0.29) is 17.6 Å². The molecule has 0 aliphatic carbocycles. The van der Waals surface area contributed by atoms with Gasteiger partial charge in [-0.05, 0) is 46.6 Å². The number of aryl methyl sites for hydroxylation is 1. The summed E-state index contributed by atoms with van der Waals surface area (Å²) in [4.78, 5) is 33.7. The largest absolute Gasteiger partial charge is 0.444 e. The quantitative estimate of drug-likeness (QED) is 0.699. The number of amides is 1. The Labute approximate surface area is 174 Å². The van der Waals surface area contributed by atoms with Gasteiger partial charge in [0.2, 0.25) is 0 Å². The molecule has 8 heteroatoms. The second kappa shape index (κ2) is 7.59. The van der Waals surface area contributed by atoms with Crippen molar-refractivity contribution in [3.63, 3.8) is 0 Å². The van der Waals surface area contributed by atoms with Crippen LogP contribution in [0.3, 0.4) is 0 Å². The Morgan fingerprint density at radius 2 is 1.93 bits per heavy atom. The van der Waals surface area contributed by atoms with Gasteiger partial charge in [0.1, 0.15) is 11.2 Å². The molecule has 1 saturated heterocycles. The molecule has 4 rings (SSSR count). The smallest absolute Gasteiger partial charge is 0.410 e. The molecule has 1 fully saturated rings. The molecule has 3 aromatic rings. The summed E-state index contributed by atoms with van der Waals surface area (Å²) in [7, 11) is 0. The topological polar surface area (TPSA) is 92.6 Å². The van der Waals surface area contributed by atoms with Crippen molar-refractivity contribution in [2.75, 3.05) is 13.1 Å². The van der Waals surface area contributed by atoms with Crippen LogP contribution in [0.1, 0.15) is 50.9 Å². The SMILES string of the molecule is Cc1ccc(-c2cnn3c(C4CCN(C(=O)OC(C)(C)C)CC4)cc(=O)[nH]c23)cn1. The number of fused-ring (bicyclic) bond motifs is 1. The van der Waals surface area contributed by atoms with Crippen molar-refractivity contribution in [3.05, 3.63) is 52.3 Å². The number of ether oxygens (including phenoxy) is 1. The Balaban J connectivity index is 1.59. The van der Waals surface area contributed by atoms with Crippen molar-refractivity contribution >= 4 is 11.7 Å². The zero-order valence-electron chi connectivity index (χ0n) is 17.8. The van der Waals surface area contributed by atoms with Crippen LogP contribution >= 0.6 is 0 Å². The van der Waals surface area contributed by atoms with Crippen molar-refractivity contribution in [1.29, 1.82) is 0 Å². The molecule has 30 heavy (non-hydrogen) atoms. The van der Waals surface area contributed by atoms with Crippen molar-refractivity contribution in [1.82, 2.24) is 24.5 Å². The van der Waals surface area contributed by atoms with Crippen molar-refractivity contribution in [2.24, 2.45) is 0 Å². The Morgan fingerprint density at radius 1 is 1.20 bits per heavy atom. The maximum absolute atomic E-state index is 12.4. The fourth-order valence-corrected chi connectivity index (χ4v) is 3.83. The van der Waals surface area contributed by atoms with Gasteiger partial charge in [-0.3, -0.25) is 9.78 Å². The Morgan fingerprint density at radius 3 is 2.57 bits per heavy atom. The molecule has 0 bridgehead atoms.